The molecule has 2 N–H and O–H groups in total. The van der Waals surface area contributed by atoms with E-state index in [2.05, 4.69) is 6.58 Å². The lowest BCUT2D eigenvalue weighted by atomic mass is 9.92. The van der Waals surface area contributed by atoms with Crippen molar-refractivity contribution in [3.05, 3.63) is 12.7 Å². The number of aliphatic hydroxyl groups is 2. The molecule has 2 heteroatoms. The minimum Gasteiger partial charge on any atom is -0.393 e. The monoisotopic (exact) mass is 154 g/mol. The van der Waals surface area contributed by atoms with Gasteiger partial charge >= 0.3 is 0 Å². The molecule has 0 aromatic heterocycles. The second kappa shape index (κ2) is 2.08. The maximum Gasteiger partial charge on any atom is 0.0906 e. The zero-order valence-electron chi connectivity index (χ0n) is 6.53. The predicted octanol–water partition coefficient (Wildman–Crippen LogP) is 0.694. The van der Waals surface area contributed by atoms with Crippen LogP contribution in [0.5, 0.6) is 0 Å². The van der Waals surface area contributed by atoms with Crippen molar-refractivity contribution >= 4 is 0 Å². The molecule has 2 rings (SSSR count). The molecule has 0 aromatic carbocycles. The van der Waals surface area contributed by atoms with Crippen LogP contribution >= 0.6 is 0 Å². The van der Waals surface area contributed by atoms with Crippen LogP contribution in [0.4, 0.5) is 0 Å². The number of hydrogen-bond donors (Lipinski definition) is 2. The molecule has 2 fully saturated rings. The summed E-state index contributed by atoms with van der Waals surface area (Å²) in [5.41, 5.74) is -0.751. The highest BCUT2D eigenvalue weighted by Crippen LogP contribution is 2.52. The van der Waals surface area contributed by atoms with Crippen molar-refractivity contribution < 1.29 is 10.2 Å². The van der Waals surface area contributed by atoms with Gasteiger partial charge in [-0.05, 0) is 25.2 Å². The first-order valence-corrected chi connectivity index (χ1v) is 4.22. The number of fused-ring (bicyclic) bond motifs is 2. The van der Waals surface area contributed by atoms with E-state index in [1.54, 1.807) is 6.08 Å². The number of hydrogen-bond acceptors (Lipinski definition) is 2. The zero-order valence-corrected chi connectivity index (χ0v) is 6.53. The Hall–Kier alpha value is -0.340. The van der Waals surface area contributed by atoms with Crippen LogP contribution in [0.15, 0.2) is 12.7 Å². The molecule has 62 valence electrons. The smallest absolute Gasteiger partial charge is 0.0906 e. The standard InChI is InChI=1S/C9H14O2/c1-2-9(11)6-3-4-7(9)8(10)5-6/h2,6-8,10-11H,1,3-5H2/t6-,7+,8+,9?/m0/s1. The van der Waals surface area contributed by atoms with Crippen LogP contribution in [0.25, 0.3) is 0 Å². The van der Waals surface area contributed by atoms with Crippen molar-refractivity contribution in [2.24, 2.45) is 11.8 Å². The van der Waals surface area contributed by atoms with E-state index < -0.39 is 5.60 Å². The normalized spacial score (nSPS) is 54.9. The average Bonchev–Trinajstić information content (AvgIpc) is 2.42. The first-order chi connectivity index (χ1) is 5.18. The molecule has 2 aliphatic carbocycles. The molecule has 0 radical (unpaired) electrons. The second-order valence-corrected chi connectivity index (χ2v) is 3.78. The van der Waals surface area contributed by atoms with Crippen LogP contribution in [0.3, 0.4) is 0 Å². The molecule has 11 heavy (non-hydrogen) atoms. The van der Waals surface area contributed by atoms with E-state index in [0.29, 0.717) is 0 Å². The van der Waals surface area contributed by atoms with E-state index in [1.165, 1.54) is 0 Å². The SMILES string of the molecule is C=CC1(O)[C@H]2CC[C@@H]1[C@H](O)C2. The highest BCUT2D eigenvalue weighted by Gasteiger charge is 2.56. The van der Waals surface area contributed by atoms with Crippen LogP contribution in [0, 0.1) is 11.8 Å². The summed E-state index contributed by atoms with van der Waals surface area (Å²) in [6.45, 7) is 3.63. The summed E-state index contributed by atoms with van der Waals surface area (Å²) >= 11 is 0. The Morgan fingerprint density at radius 2 is 2.18 bits per heavy atom. The fourth-order valence-corrected chi connectivity index (χ4v) is 2.73. The Morgan fingerprint density at radius 1 is 1.45 bits per heavy atom. The lowest BCUT2D eigenvalue weighted by molar-refractivity contribution is 0.0189. The molecule has 0 aromatic rings. The number of aliphatic hydroxyl groups excluding tert-OH is 1. The molecule has 0 aliphatic heterocycles. The van der Waals surface area contributed by atoms with E-state index in [1.807, 2.05) is 0 Å². The lowest BCUT2D eigenvalue weighted by Crippen LogP contribution is -2.33. The molecule has 2 bridgehead atoms. The molecule has 4 atom stereocenters. The Bertz CT molecular complexity index is 190. The van der Waals surface area contributed by atoms with Gasteiger partial charge in [0.05, 0.1) is 11.7 Å². The van der Waals surface area contributed by atoms with E-state index in [9.17, 15) is 10.2 Å². The summed E-state index contributed by atoms with van der Waals surface area (Å²) in [6.07, 6.45) is 4.08. The summed E-state index contributed by atoms with van der Waals surface area (Å²) in [6, 6.07) is 0. The highest BCUT2D eigenvalue weighted by atomic mass is 16.3. The quantitative estimate of drug-likeness (QED) is 0.546. The summed E-state index contributed by atoms with van der Waals surface area (Å²) < 4.78 is 0. The van der Waals surface area contributed by atoms with Gasteiger partial charge < -0.3 is 10.2 Å². The topological polar surface area (TPSA) is 40.5 Å². The zero-order chi connectivity index (χ0) is 8.06. The molecule has 0 amide bonds. The highest BCUT2D eigenvalue weighted by molar-refractivity contribution is 5.15. The Labute approximate surface area is 66.5 Å². The molecular weight excluding hydrogens is 140 g/mol. The Balaban J connectivity index is 2.31. The molecule has 2 nitrogen and oxygen atoms in total. The van der Waals surface area contributed by atoms with Gasteiger partial charge in [-0.15, -0.1) is 6.58 Å². The Morgan fingerprint density at radius 3 is 2.45 bits per heavy atom. The van der Waals surface area contributed by atoms with Crippen LogP contribution in [-0.2, 0) is 0 Å². The van der Waals surface area contributed by atoms with Crippen molar-refractivity contribution in [3.8, 4) is 0 Å². The molecule has 2 saturated carbocycles. The lowest BCUT2D eigenvalue weighted by Gasteiger charge is -2.23. The number of rotatable bonds is 1. The van der Waals surface area contributed by atoms with Gasteiger partial charge in [0, 0.05) is 5.92 Å². The van der Waals surface area contributed by atoms with Crippen LogP contribution in [0.2, 0.25) is 0 Å². The third kappa shape index (κ3) is 0.741. The van der Waals surface area contributed by atoms with E-state index in [0.717, 1.165) is 19.3 Å². The fourth-order valence-electron chi connectivity index (χ4n) is 2.73. The molecule has 2 aliphatic rings. The van der Waals surface area contributed by atoms with E-state index in [-0.39, 0.29) is 17.9 Å². The molecular formula is C9H14O2. The average molecular weight is 154 g/mol. The van der Waals surface area contributed by atoms with E-state index >= 15 is 0 Å². The Kier molecular flexibility index (Phi) is 1.38. The minimum atomic E-state index is -0.751. The van der Waals surface area contributed by atoms with Crippen LogP contribution < -0.4 is 0 Å². The van der Waals surface area contributed by atoms with Crippen molar-refractivity contribution in [2.45, 2.75) is 31.0 Å². The maximum atomic E-state index is 9.99. The summed E-state index contributed by atoms with van der Waals surface area (Å²) in [7, 11) is 0. The van der Waals surface area contributed by atoms with Gasteiger partial charge in [0.1, 0.15) is 0 Å². The van der Waals surface area contributed by atoms with Gasteiger partial charge in [0.2, 0.25) is 0 Å². The molecule has 0 heterocycles. The largest absolute Gasteiger partial charge is 0.393 e. The van der Waals surface area contributed by atoms with Crippen molar-refractivity contribution in [1.29, 1.82) is 0 Å². The molecule has 1 unspecified atom stereocenters. The van der Waals surface area contributed by atoms with Gasteiger partial charge in [0.15, 0.2) is 0 Å². The minimum absolute atomic E-state index is 0.0602. The fraction of sp³-hybridized carbons (Fsp3) is 0.778. The van der Waals surface area contributed by atoms with Gasteiger partial charge in [-0.3, -0.25) is 0 Å². The second-order valence-electron chi connectivity index (χ2n) is 3.78. The van der Waals surface area contributed by atoms with Crippen molar-refractivity contribution in [1.82, 2.24) is 0 Å². The molecule has 0 saturated heterocycles. The van der Waals surface area contributed by atoms with Gasteiger partial charge in [-0.25, -0.2) is 0 Å². The third-order valence-electron chi connectivity index (χ3n) is 3.39. The third-order valence-corrected chi connectivity index (χ3v) is 3.39. The van der Waals surface area contributed by atoms with E-state index in [4.69, 9.17) is 0 Å². The van der Waals surface area contributed by atoms with Gasteiger partial charge in [-0.1, -0.05) is 6.08 Å². The summed E-state index contributed by atoms with van der Waals surface area (Å²) in [4.78, 5) is 0. The van der Waals surface area contributed by atoms with Crippen molar-refractivity contribution in [2.75, 3.05) is 0 Å². The van der Waals surface area contributed by atoms with Gasteiger partial charge in [-0.2, -0.15) is 0 Å². The molecule has 0 spiro atoms. The first-order valence-electron chi connectivity index (χ1n) is 4.22. The van der Waals surface area contributed by atoms with Crippen LogP contribution in [-0.4, -0.2) is 21.9 Å². The summed E-state index contributed by atoms with van der Waals surface area (Å²) in [5.74, 6) is 0.324. The first kappa shape index (κ1) is 7.32. The maximum absolute atomic E-state index is 9.99. The van der Waals surface area contributed by atoms with Crippen molar-refractivity contribution in [3.63, 3.8) is 0 Å². The predicted molar refractivity (Wildman–Crippen MR) is 42.0 cm³/mol. The van der Waals surface area contributed by atoms with Crippen LogP contribution in [0.1, 0.15) is 19.3 Å². The van der Waals surface area contributed by atoms with Gasteiger partial charge in [0.25, 0.3) is 0 Å². The summed E-state index contributed by atoms with van der Waals surface area (Å²) in [5, 5.41) is 19.5.